The van der Waals surface area contributed by atoms with E-state index in [2.05, 4.69) is 0 Å². The summed E-state index contributed by atoms with van der Waals surface area (Å²) in [7, 11) is 0. The van der Waals surface area contributed by atoms with Crippen molar-refractivity contribution in [3.05, 3.63) is 35.9 Å². The average molecular weight is 236 g/mol. The lowest BCUT2D eigenvalue weighted by Crippen LogP contribution is -2.37. The lowest BCUT2D eigenvalue weighted by Gasteiger charge is -2.34. The molecule has 3 nitrogen and oxygen atoms in total. The van der Waals surface area contributed by atoms with Crippen molar-refractivity contribution in [3.63, 3.8) is 0 Å². The number of hydrogen-bond acceptors (Lipinski definition) is 3. The van der Waals surface area contributed by atoms with Crippen LogP contribution in [0.1, 0.15) is 25.3 Å². The van der Waals surface area contributed by atoms with E-state index in [-0.39, 0.29) is 12.0 Å². The van der Waals surface area contributed by atoms with Gasteiger partial charge in [0.1, 0.15) is 0 Å². The molecule has 17 heavy (non-hydrogen) atoms. The van der Waals surface area contributed by atoms with E-state index in [1.807, 2.05) is 30.3 Å². The van der Waals surface area contributed by atoms with Gasteiger partial charge in [-0.25, -0.2) is 0 Å². The zero-order valence-electron chi connectivity index (χ0n) is 10.2. The van der Waals surface area contributed by atoms with Crippen molar-refractivity contribution < 1.29 is 14.9 Å². The molecule has 2 N–H and O–H groups in total. The molecule has 0 spiro atoms. The Bertz CT molecular complexity index is 348. The van der Waals surface area contributed by atoms with Gasteiger partial charge in [0, 0.05) is 12.5 Å². The summed E-state index contributed by atoms with van der Waals surface area (Å²) in [5, 5.41) is 20.4. The fraction of sp³-hybridized carbons (Fsp3) is 0.571. The molecular weight excluding hydrogens is 216 g/mol. The fourth-order valence-corrected chi connectivity index (χ4v) is 2.41. The minimum Gasteiger partial charge on any atom is -0.393 e. The first-order valence-corrected chi connectivity index (χ1v) is 6.13. The predicted molar refractivity (Wildman–Crippen MR) is 65.6 cm³/mol. The maximum absolute atomic E-state index is 10.5. The average Bonchev–Trinajstić information content (AvgIpc) is 2.33. The van der Waals surface area contributed by atoms with E-state index >= 15 is 0 Å². The first kappa shape index (κ1) is 12.6. The molecule has 94 valence electrons. The van der Waals surface area contributed by atoms with Crippen LogP contribution in [0.5, 0.6) is 0 Å². The normalized spacial score (nSPS) is 28.6. The van der Waals surface area contributed by atoms with Gasteiger partial charge in [0.05, 0.1) is 18.3 Å². The van der Waals surface area contributed by atoms with Crippen molar-refractivity contribution in [2.75, 3.05) is 13.2 Å². The lowest BCUT2D eigenvalue weighted by atomic mass is 9.82. The van der Waals surface area contributed by atoms with Crippen LogP contribution in [0.4, 0.5) is 0 Å². The number of hydrogen-bond donors (Lipinski definition) is 2. The Morgan fingerprint density at radius 2 is 2.06 bits per heavy atom. The minimum atomic E-state index is -0.909. The third-order valence-electron chi connectivity index (χ3n) is 3.49. The van der Waals surface area contributed by atoms with Crippen LogP contribution in [0, 0.1) is 5.92 Å². The van der Waals surface area contributed by atoms with E-state index in [0.717, 1.165) is 5.56 Å². The Labute approximate surface area is 102 Å². The van der Waals surface area contributed by atoms with Crippen LogP contribution in [0.15, 0.2) is 30.3 Å². The van der Waals surface area contributed by atoms with Gasteiger partial charge in [-0.05, 0) is 25.3 Å². The maximum atomic E-state index is 10.5. The molecule has 2 rings (SSSR count). The molecule has 3 atom stereocenters. The molecule has 0 aromatic heterocycles. The van der Waals surface area contributed by atoms with E-state index in [4.69, 9.17) is 4.74 Å². The Kier molecular flexibility index (Phi) is 3.82. The van der Waals surface area contributed by atoms with Crippen molar-refractivity contribution in [2.24, 2.45) is 5.92 Å². The summed E-state index contributed by atoms with van der Waals surface area (Å²) in [6, 6.07) is 9.58. The zero-order valence-corrected chi connectivity index (χ0v) is 10.2. The van der Waals surface area contributed by atoms with E-state index in [0.29, 0.717) is 26.1 Å². The monoisotopic (exact) mass is 236 g/mol. The molecule has 3 heteroatoms. The lowest BCUT2D eigenvalue weighted by molar-refractivity contribution is -0.0729. The molecular formula is C14H20O3. The molecule has 0 saturated carbocycles. The van der Waals surface area contributed by atoms with E-state index < -0.39 is 5.60 Å². The molecule has 0 aliphatic carbocycles. The van der Waals surface area contributed by atoms with Gasteiger partial charge in [-0.2, -0.15) is 0 Å². The first-order valence-electron chi connectivity index (χ1n) is 6.13. The Morgan fingerprint density at radius 1 is 1.35 bits per heavy atom. The molecule has 1 aliphatic heterocycles. The van der Waals surface area contributed by atoms with Crippen LogP contribution in [-0.2, 0) is 10.3 Å². The maximum Gasteiger partial charge on any atom is 0.0873 e. The molecule has 0 radical (unpaired) electrons. The third-order valence-corrected chi connectivity index (χ3v) is 3.49. The molecule has 3 unspecified atom stereocenters. The topological polar surface area (TPSA) is 49.7 Å². The van der Waals surface area contributed by atoms with E-state index in [1.54, 1.807) is 6.92 Å². The smallest absolute Gasteiger partial charge is 0.0873 e. The largest absolute Gasteiger partial charge is 0.393 e. The number of benzene rings is 1. The zero-order chi connectivity index (χ0) is 12.3. The van der Waals surface area contributed by atoms with E-state index in [9.17, 15) is 10.2 Å². The van der Waals surface area contributed by atoms with Crippen LogP contribution in [0.3, 0.4) is 0 Å². The summed E-state index contributed by atoms with van der Waals surface area (Å²) < 4.78 is 5.36. The highest BCUT2D eigenvalue weighted by Gasteiger charge is 2.32. The highest BCUT2D eigenvalue weighted by molar-refractivity contribution is 5.21. The SMILES string of the molecule is CC(O)(CC1COCCC1O)c1ccccc1. The van der Waals surface area contributed by atoms with Gasteiger partial charge in [0.25, 0.3) is 0 Å². The summed E-state index contributed by atoms with van der Waals surface area (Å²) in [6.07, 6.45) is 0.826. The fourth-order valence-electron chi connectivity index (χ4n) is 2.41. The Morgan fingerprint density at radius 3 is 2.71 bits per heavy atom. The third kappa shape index (κ3) is 3.06. The van der Waals surface area contributed by atoms with Crippen molar-refractivity contribution in [1.82, 2.24) is 0 Å². The van der Waals surface area contributed by atoms with Gasteiger partial charge in [-0.3, -0.25) is 0 Å². The molecule has 1 heterocycles. The highest BCUT2D eigenvalue weighted by atomic mass is 16.5. The quantitative estimate of drug-likeness (QED) is 0.839. The van der Waals surface area contributed by atoms with Crippen molar-refractivity contribution >= 4 is 0 Å². The second-order valence-electron chi connectivity index (χ2n) is 5.04. The minimum absolute atomic E-state index is 0.0129. The van der Waals surface area contributed by atoms with Crippen LogP contribution in [-0.4, -0.2) is 29.5 Å². The summed E-state index contributed by atoms with van der Waals surface area (Å²) in [5.41, 5.74) is -0.0223. The molecule has 1 saturated heterocycles. The summed E-state index contributed by atoms with van der Waals surface area (Å²) >= 11 is 0. The summed E-state index contributed by atoms with van der Waals surface area (Å²) in [4.78, 5) is 0. The predicted octanol–water partition coefficient (Wildman–Crippen LogP) is 1.68. The molecule has 1 fully saturated rings. The highest BCUT2D eigenvalue weighted by Crippen LogP contribution is 2.31. The molecule has 0 amide bonds. The van der Waals surface area contributed by atoms with Crippen LogP contribution in [0.2, 0.25) is 0 Å². The van der Waals surface area contributed by atoms with Crippen LogP contribution in [0.25, 0.3) is 0 Å². The molecule has 1 aromatic rings. The molecule has 0 bridgehead atoms. The van der Waals surface area contributed by atoms with Crippen molar-refractivity contribution in [1.29, 1.82) is 0 Å². The Balaban J connectivity index is 2.06. The van der Waals surface area contributed by atoms with Crippen molar-refractivity contribution in [2.45, 2.75) is 31.5 Å². The van der Waals surface area contributed by atoms with Gasteiger partial charge in [0.15, 0.2) is 0 Å². The number of aliphatic hydroxyl groups excluding tert-OH is 1. The number of aliphatic hydroxyl groups is 2. The molecule has 1 aromatic carbocycles. The summed E-state index contributed by atoms with van der Waals surface area (Å²) in [6.45, 7) is 2.94. The first-order chi connectivity index (χ1) is 8.09. The Hall–Kier alpha value is -0.900. The molecule has 1 aliphatic rings. The van der Waals surface area contributed by atoms with Gasteiger partial charge in [-0.15, -0.1) is 0 Å². The van der Waals surface area contributed by atoms with Crippen LogP contribution >= 0.6 is 0 Å². The van der Waals surface area contributed by atoms with Crippen molar-refractivity contribution in [3.8, 4) is 0 Å². The number of ether oxygens (including phenoxy) is 1. The standard InChI is InChI=1S/C14H20O3/c1-14(16,12-5-3-2-4-6-12)9-11-10-17-8-7-13(11)15/h2-6,11,13,15-16H,7-10H2,1H3. The second-order valence-corrected chi connectivity index (χ2v) is 5.04. The number of rotatable bonds is 3. The van der Waals surface area contributed by atoms with Gasteiger partial charge in [-0.1, -0.05) is 30.3 Å². The summed E-state index contributed by atoms with van der Waals surface area (Å²) in [5.74, 6) is 0.0129. The second kappa shape index (κ2) is 5.17. The van der Waals surface area contributed by atoms with Gasteiger partial charge in [0.2, 0.25) is 0 Å². The van der Waals surface area contributed by atoms with Gasteiger partial charge < -0.3 is 14.9 Å². The van der Waals surface area contributed by atoms with Gasteiger partial charge >= 0.3 is 0 Å². The van der Waals surface area contributed by atoms with E-state index in [1.165, 1.54) is 0 Å². The van der Waals surface area contributed by atoms with Crippen LogP contribution < -0.4 is 0 Å².